The molecule has 1 fully saturated rings. The maximum atomic E-state index is 4.36. The van der Waals surface area contributed by atoms with Crippen LogP contribution in [0.2, 0.25) is 0 Å². The van der Waals surface area contributed by atoms with Crippen molar-refractivity contribution >= 4 is 5.95 Å². The van der Waals surface area contributed by atoms with Gasteiger partial charge in [0.25, 0.3) is 0 Å². The van der Waals surface area contributed by atoms with E-state index in [1.807, 2.05) is 10.7 Å². The summed E-state index contributed by atoms with van der Waals surface area (Å²) in [5.41, 5.74) is 1.07. The van der Waals surface area contributed by atoms with E-state index in [4.69, 9.17) is 0 Å². The molecule has 1 atom stereocenters. The fourth-order valence-electron chi connectivity index (χ4n) is 2.93. The summed E-state index contributed by atoms with van der Waals surface area (Å²) in [5, 5.41) is 8.66. The maximum Gasteiger partial charge on any atom is 0.225 e. The van der Waals surface area contributed by atoms with Crippen molar-refractivity contribution in [3.63, 3.8) is 0 Å². The molecule has 0 saturated carbocycles. The molecule has 0 radical (unpaired) electrons. The summed E-state index contributed by atoms with van der Waals surface area (Å²) in [4.78, 5) is 10.9. The van der Waals surface area contributed by atoms with Crippen molar-refractivity contribution in [3.05, 3.63) is 42.5 Å². The zero-order chi connectivity index (χ0) is 15.9. The summed E-state index contributed by atoms with van der Waals surface area (Å²) in [6, 6.07) is 2.20. The van der Waals surface area contributed by atoms with Gasteiger partial charge in [0.15, 0.2) is 0 Å². The third-order valence-electron chi connectivity index (χ3n) is 4.13. The lowest BCUT2D eigenvalue weighted by molar-refractivity contribution is 0.366. The molecule has 0 aliphatic carbocycles. The molecule has 2 aromatic heterocycles. The van der Waals surface area contributed by atoms with Crippen LogP contribution in [0, 0.1) is 0 Å². The van der Waals surface area contributed by atoms with Crippen LogP contribution in [-0.4, -0.2) is 38.1 Å². The van der Waals surface area contributed by atoms with Crippen molar-refractivity contribution in [1.82, 2.24) is 25.0 Å². The second-order valence-electron chi connectivity index (χ2n) is 5.90. The minimum Gasteiger partial charge on any atom is -0.339 e. The first-order valence-electron chi connectivity index (χ1n) is 8.44. The van der Waals surface area contributed by atoms with Crippen LogP contribution in [0.3, 0.4) is 0 Å². The topological polar surface area (TPSA) is 59.7 Å². The number of allylic oxidation sites excluding steroid dienone is 2. The Morgan fingerprint density at radius 2 is 2.13 bits per heavy atom. The second kappa shape index (κ2) is 7.85. The highest BCUT2D eigenvalue weighted by Gasteiger charge is 2.23. The molecule has 0 spiro atoms. The van der Waals surface area contributed by atoms with E-state index in [1.54, 1.807) is 12.4 Å². The van der Waals surface area contributed by atoms with Gasteiger partial charge in [0.1, 0.15) is 0 Å². The van der Waals surface area contributed by atoms with E-state index >= 15 is 0 Å². The molecule has 6 nitrogen and oxygen atoms in total. The standard InChI is InChI=1S/C17H24N6/c1-2-3-4-5-8-15-13-23(21-20-15)16-9-6-12-22(14-16)17-18-10-7-11-19-17/h3-4,7,10-11,13,16H,2,5-6,8-9,12,14H2,1H3/b4-3-/t16-/m0/s1. The zero-order valence-corrected chi connectivity index (χ0v) is 13.7. The van der Waals surface area contributed by atoms with Crippen LogP contribution in [0.5, 0.6) is 0 Å². The summed E-state index contributed by atoms with van der Waals surface area (Å²) in [6.45, 7) is 4.05. The average molecular weight is 312 g/mol. The molecular weight excluding hydrogens is 288 g/mol. The van der Waals surface area contributed by atoms with Gasteiger partial charge in [-0.1, -0.05) is 24.3 Å². The molecule has 0 amide bonds. The van der Waals surface area contributed by atoms with Crippen LogP contribution in [0.1, 0.15) is 44.3 Å². The Hall–Kier alpha value is -2.24. The average Bonchev–Trinajstić information content (AvgIpc) is 3.09. The molecule has 23 heavy (non-hydrogen) atoms. The predicted molar refractivity (Wildman–Crippen MR) is 90.3 cm³/mol. The van der Waals surface area contributed by atoms with Crippen LogP contribution in [0.25, 0.3) is 0 Å². The highest BCUT2D eigenvalue weighted by atomic mass is 15.4. The third-order valence-corrected chi connectivity index (χ3v) is 4.13. The Labute approximate surface area is 137 Å². The van der Waals surface area contributed by atoms with Crippen molar-refractivity contribution in [2.24, 2.45) is 0 Å². The maximum absolute atomic E-state index is 4.36. The summed E-state index contributed by atoms with van der Waals surface area (Å²) in [5.74, 6) is 0.808. The van der Waals surface area contributed by atoms with Gasteiger partial charge in [0.05, 0.1) is 11.7 Å². The van der Waals surface area contributed by atoms with Crippen LogP contribution >= 0.6 is 0 Å². The molecule has 1 aliphatic rings. The van der Waals surface area contributed by atoms with Gasteiger partial charge in [-0.15, -0.1) is 5.10 Å². The Balaban J connectivity index is 1.60. The molecule has 2 aromatic rings. The minimum absolute atomic E-state index is 0.347. The first kappa shape index (κ1) is 15.6. The molecule has 0 N–H and O–H groups in total. The van der Waals surface area contributed by atoms with Crippen molar-refractivity contribution < 1.29 is 0 Å². The lowest BCUT2D eigenvalue weighted by Gasteiger charge is -2.32. The Kier molecular flexibility index (Phi) is 5.34. The molecule has 1 saturated heterocycles. The van der Waals surface area contributed by atoms with Crippen LogP contribution in [0.4, 0.5) is 5.95 Å². The molecule has 3 rings (SSSR count). The SMILES string of the molecule is CC/C=C\CCc1cn([C@H]2CCCN(c3ncccn3)C2)nn1. The van der Waals surface area contributed by atoms with Crippen LogP contribution < -0.4 is 4.90 Å². The molecule has 0 aromatic carbocycles. The minimum atomic E-state index is 0.347. The summed E-state index contributed by atoms with van der Waals surface area (Å²) >= 11 is 0. The van der Waals surface area contributed by atoms with Gasteiger partial charge < -0.3 is 4.90 Å². The monoisotopic (exact) mass is 312 g/mol. The molecule has 6 heteroatoms. The quantitative estimate of drug-likeness (QED) is 0.768. The number of hydrogen-bond acceptors (Lipinski definition) is 5. The summed E-state index contributed by atoms with van der Waals surface area (Å²) in [6.07, 6.45) is 15.4. The Morgan fingerprint density at radius 3 is 2.96 bits per heavy atom. The Bertz CT molecular complexity index is 621. The largest absolute Gasteiger partial charge is 0.339 e. The number of aromatic nitrogens is 5. The smallest absolute Gasteiger partial charge is 0.225 e. The lowest BCUT2D eigenvalue weighted by atomic mass is 10.1. The summed E-state index contributed by atoms with van der Waals surface area (Å²) < 4.78 is 2.02. The number of piperidine rings is 1. The third kappa shape index (κ3) is 4.15. The van der Waals surface area contributed by atoms with E-state index < -0.39 is 0 Å². The zero-order valence-electron chi connectivity index (χ0n) is 13.7. The fraction of sp³-hybridized carbons (Fsp3) is 0.529. The lowest BCUT2D eigenvalue weighted by Crippen LogP contribution is -2.37. The highest BCUT2D eigenvalue weighted by molar-refractivity contribution is 5.29. The fourth-order valence-corrected chi connectivity index (χ4v) is 2.93. The van der Waals surface area contributed by atoms with Crippen LogP contribution in [-0.2, 0) is 6.42 Å². The molecule has 122 valence electrons. The number of aryl methyl sites for hydroxylation is 1. The molecule has 3 heterocycles. The van der Waals surface area contributed by atoms with Gasteiger partial charge in [-0.2, -0.15) is 0 Å². The van der Waals surface area contributed by atoms with E-state index in [0.717, 1.165) is 56.8 Å². The second-order valence-corrected chi connectivity index (χ2v) is 5.90. The molecule has 0 bridgehead atoms. The van der Waals surface area contributed by atoms with Gasteiger partial charge in [-0.3, -0.25) is 0 Å². The number of nitrogens with zero attached hydrogens (tertiary/aromatic N) is 6. The van der Waals surface area contributed by atoms with E-state index in [2.05, 4.69) is 50.5 Å². The van der Waals surface area contributed by atoms with Gasteiger partial charge in [-0.25, -0.2) is 14.6 Å². The first-order chi connectivity index (χ1) is 11.4. The molecular formula is C17H24N6. The molecule has 0 unspecified atom stereocenters. The number of hydrogen-bond donors (Lipinski definition) is 0. The van der Waals surface area contributed by atoms with E-state index in [9.17, 15) is 0 Å². The van der Waals surface area contributed by atoms with Gasteiger partial charge in [0, 0.05) is 31.7 Å². The van der Waals surface area contributed by atoms with E-state index in [-0.39, 0.29) is 0 Å². The normalized spacial score (nSPS) is 18.7. The molecule has 1 aliphatic heterocycles. The number of rotatable bonds is 6. The van der Waals surface area contributed by atoms with Crippen molar-refractivity contribution in [2.75, 3.05) is 18.0 Å². The van der Waals surface area contributed by atoms with E-state index in [1.165, 1.54) is 0 Å². The first-order valence-corrected chi connectivity index (χ1v) is 8.44. The van der Waals surface area contributed by atoms with Crippen molar-refractivity contribution in [1.29, 1.82) is 0 Å². The Morgan fingerprint density at radius 1 is 1.26 bits per heavy atom. The van der Waals surface area contributed by atoms with Gasteiger partial charge >= 0.3 is 0 Å². The van der Waals surface area contributed by atoms with Gasteiger partial charge in [0.2, 0.25) is 5.95 Å². The van der Waals surface area contributed by atoms with E-state index in [0.29, 0.717) is 6.04 Å². The van der Waals surface area contributed by atoms with Crippen molar-refractivity contribution in [2.45, 2.75) is 45.1 Å². The summed E-state index contributed by atoms with van der Waals surface area (Å²) in [7, 11) is 0. The van der Waals surface area contributed by atoms with Crippen molar-refractivity contribution in [3.8, 4) is 0 Å². The number of anilines is 1. The van der Waals surface area contributed by atoms with Crippen LogP contribution in [0.15, 0.2) is 36.8 Å². The predicted octanol–water partition coefficient (Wildman–Crippen LogP) is 2.81. The van der Waals surface area contributed by atoms with Gasteiger partial charge in [-0.05, 0) is 38.2 Å². The highest BCUT2D eigenvalue weighted by Crippen LogP contribution is 2.23.